The van der Waals surface area contributed by atoms with Gasteiger partial charge in [0.1, 0.15) is 24.3 Å². The number of hydrogen-bond acceptors (Lipinski definition) is 8. The summed E-state index contributed by atoms with van der Waals surface area (Å²) in [6.45, 7) is 8.43. The molecule has 6 rings (SSSR count). The van der Waals surface area contributed by atoms with Crippen molar-refractivity contribution in [3.63, 3.8) is 0 Å². The van der Waals surface area contributed by atoms with Crippen LogP contribution in [0.25, 0.3) is 6.08 Å². The maximum Gasteiger partial charge on any atom is 0.411 e. The standard InChI is InChI=1S/C39H51N5O6/c1-39(2,3)50-34(45)22-21-32(36(46)44(30-17-11-6-12-18-30)41-25-23-40-24-26-41)42-31(20-19-28-13-7-4-8-14-28)35(37(42)47)43-33(27-49-38(43)48)29-15-9-5-10-16-29/h4-5,7-10,13-16,19-20,30-33,35,40H,6,11-12,17-18,21-27H2,1-3H3/t31?,32?,33-,35?/m1/s1. The van der Waals surface area contributed by atoms with Crippen molar-refractivity contribution in [1.29, 1.82) is 0 Å². The zero-order valence-electron chi connectivity index (χ0n) is 29.5. The van der Waals surface area contributed by atoms with Crippen LogP contribution in [0.1, 0.15) is 82.9 Å². The summed E-state index contributed by atoms with van der Waals surface area (Å²) in [4.78, 5) is 59.4. The number of cyclic esters (lactones) is 1. The van der Waals surface area contributed by atoms with Crippen LogP contribution in [0, 0.1) is 0 Å². The zero-order chi connectivity index (χ0) is 35.3. The number of benzene rings is 2. The molecule has 3 heterocycles. The van der Waals surface area contributed by atoms with Crippen molar-refractivity contribution in [2.75, 3.05) is 32.8 Å². The molecule has 0 radical (unpaired) electrons. The highest BCUT2D eigenvalue weighted by Crippen LogP contribution is 2.40. The average Bonchev–Trinajstić information content (AvgIpc) is 3.49. The predicted octanol–water partition coefficient (Wildman–Crippen LogP) is 4.94. The largest absolute Gasteiger partial charge is 0.460 e. The number of carbonyl (C=O) groups excluding carboxylic acids is 4. The number of hydrazine groups is 1. The number of ether oxygens (including phenoxy) is 2. The van der Waals surface area contributed by atoms with E-state index < -0.39 is 41.8 Å². The Morgan fingerprint density at radius 2 is 1.64 bits per heavy atom. The Labute approximate surface area is 295 Å². The third-order valence-electron chi connectivity index (χ3n) is 10.0. The number of esters is 1. The van der Waals surface area contributed by atoms with Crippen molar-refractivity contribution in [3.8, 4) is 0 Å². The molecule has 1 aliphatic carbocycles. The van der Waals surface area contributed by atoms with E-state index in [-0.39, 0.29) is 37.3 Å². The van der Waals surface area contributed by atoms with E-state index in [1.807, 2.05) is 98.6 Å². The highest BCUT2D eigenvalue weighted by molar-refractivity contribution is 5.98. The summed E-state index contributed by atoms with van der Waals surface area (Å²) in [7, 11) is 0. The fourth-order valence-corrected chi connectivity index (χ4v) is 7.73. The molecule has 268 valence electrons. The Hall–Kier alpha value is -4.22. The first-order valence-electron chi connectivity index (χ1n) is 18.2. The van der Waals surface area contributed by atoms with Crippen molar-refractivity contribution < 1.29 is 28.7 Å². The summed E-state index contributed by atoms with van der Waals surface area (Å²) in [6.07, 6.45) is 8.34. The van der Waals surface area contributed by atoms with Crippen LogP contribution in [0.4, 0.5) is 4.79 Å². The molecular formula is C39H51N5O6. The number of hydrogen-bond donors (Lipinski definition) is 1. The molecule has 11 nitrogen and oxygen atoms in total. The predicted molar refractivity (Wildman–Crippen MR) is 189 cm³/mol. The van der Waals surface area contributed by atoms with Gasteiger partial charge in [0.05, 0.1) is 12.1 Å². The summed E-state index contributed by atoms with van der Waals surface area (Å²) >= 11 is 0. The summed E-state index contributed by atoms with van der Waals surface area (Å²) < 4.78 is 11.2. The summed E-state index contributed by atoms with van der Waals surface area (Å²) in [6, 6.07) is 16.4. The van der Waals surface area contributed by atoms with Crippen molar-refractivity contribution in [2.24, 2.45) is 0 Å². The van der Waals surface area contributed by atoms with Gasteiger partial charge in [-0.25, -0.2) is 9.80 Å². The molecule has 1 saturated carbocycles. The van der Waals surface area contributed by atoms with Gasteiger partial charge in [0.25, 0.3) is 5.91 Å². The fourth-order valence-electron chi connectivity index (χ4n) is 7.73. The lowest BCUT2D eigenvalue weighted by atomic mass is 9.86. The molecule has 0 aromatic heterocycles. The van der Waals surface area contributed by atoms with Crippen LogP contribution < -0.4 is 5.32 Å². The zero-order valence-corrected chi connectivity index (χ0v) is 29.5. The number of nitrogens with zero attached hydrogens (tertiary/aromatic N) is 4. The van der Waals surface area contributed by atoms with Crippen LogP contribution in [-0.2, 0) is 23.9 Å². The second kappa shape index (κ2) is 15.8. The Bertz CT molecular complexity index is 1500. The van der Waals surface area contributed by atoms with Crippen molar-refractivity contribution >= 4 is 30.0 Å². The molecular weight excluding hydrogens is 634 g/mol. The highest BCUT2D eigenvalue weighted by Gasteiger charge is 2.58. The van der Waals surface area contributed by atoms with Gasteiger partial charge in [0.2, 0.25) is 5.91 Å². The van der Waals surface area contributed by atoms with Crippen molar-refractivity contribution in [2.45, 2.75) is 102 Å². The number of rotatable bonds is 11. The Balaban J connectivity index is 1.38. The minimum Gasteiger partial charge on any atom is -0.460 e. The second-order valence-corrected chi connectivity index (χ2v) is 14.7. The van der Waals surface area contributed by atoms with Gasteiger partial charge in [-0.3, -0.25) is 24.3 Å². The van der Waals surface area contributed by atoms with Gasteiger partial charge in [-0.15, -0.1) is 0 Å². The molecule has 3 amide bonds. The second-order valence-electron chi connectivity index (χ2n) is 14.7. The van der Waals surface area contributed by atoms with E-state index in [0.717, 1.165) is 56.3 Å². The smallest absolute Gasteiger partial charge is 0.411 e. The van der Waals surface area contributed by atoms with Crippen LogP contribution in [0.5, 0.6) is 0 Å². The number of likely N-dealkylation sites (tertiary alicyclic amines) is 1. The van der Waals surface area contributed by atoms with E-state index in [1.54, 1.807) is 9.80 Å². The Morgan fingerprint density at radius 3 is 2.30 bits per heavy atom. The number of nitrogens with one attached hydrogen (secondary N) is 1. The molecule has 4 aliphatic rings. The third kappa shape index (κ3) is 8.05. The maximum atomic E-state index is 15.1. The number of carbonyl (C=O) groups is 4. The molecule has 3 unspecified atom stereocenters. The molecule has 0 spiro atoms. The third-order valence-corrected chi connectivity index (χ3v) is 10.0. The SMILES string of the molecule is CC(C)(C)OC(=O)CCC(C(=O)N(C1CCCCC1)N1CCNCC1)N1C(=O)C(N2C(=O)OC[C@@H]2c2ccccc2)C1C=Cc1ccccc1. The van der Waals surface area contributed by atoms with Gasteiger partial charge in [-0.2, -0.15) is 0 Å². The molecule has 4 fully saturated rings. The van der Waals surface area contributed by atoms with Crippen molar-refractivity contribution in [3.05, 3.63) is 77.9 Å². The van der Waals surface area contributed by atoms with E-state index in [4.69, 9.17) is 9.47 Å². The number of amides is 3. The Morgan fingerprint density at radius 1 is 0.980 bits per heavy atom. The molecule has 2 aromatic rings. The molecule has 0 bridgehead atoms. The van der Waals surface area contributed by atoms with Gasteiger partial charge < -0.3 is 19.7 Å². The molecule has 3 aliphatic heterocycles. The fraction of sp³-hybridized carbons (Fsp3) is 0.538. The molecule has 1 N–H and O–H groups in total. The van der Waals surface area contributed by atoms with E-state index in [2.05, 4.69) is 10.3 Å². The normalized spacial score (nSPS) is 24.2. The van der Waals surface area contributed by atoms with Crippen LogP contribution in [-0.4, -0.2) is 106 Å². The first-order valence-corrected chi connectivity index (χ1v) is 18.2. The van der Waals surface area contributed by atoms with Crippen LogP contribution >= 0.6 is 0 Å². The lowest BCUT2D eigenvalue weighted by molar-refractivity contribution is -0.179. The van der Waals surface area contributed by atoms with E-state index >= 15 is 4.79 Å². The number of piperazine rings is 1. The average molecular weight is 686 g/mol. The first-order chi connectivity index (χ1) is 24.1. The topological polar surface area (TPSA) is 112 Å². The minimum atomic E-state index is -0.942. The summed E-state index contributed by atoms with van der Waals surface area (Å²) in [5.41, 5.74) is 1.11. The molecule has 2 aromatic carbocycles. The monoisotopic (exact) mass is 685 g/mol. The van der Waals surface area contributed by atoms with Crippen LogP contribution in [0.15, 0.2) is 66.7 Å². The van der Waals surface area contributed by atoms with E-state index in [0.29, 0.717) is 13.1 Å². The van der Waals surface area contributed by atoms with Gasteiger partial charge >= 0.3 is 12.1 Å². The van der Waals surface area contributed by atoms with Gasteiger partial charge in [0, 0.05) is 38.6 Å². The van der Waals surface area contributed by atoms with E-state index in [9.17, 15) is 14.4 Å². The summed E-state index contributed by atoms with van der Waals surface area (Å²) in [5.74, 6) is -0.940. The van der Waals surface area contributed by atoms with Crippen LogP contribution in [0.2, 0.25) is 0 Å². The van der Waals surface area contributed by atoms with Gasteiger partial charge in [0.15, 0.2) is 0 Å². The molecule has 4 atom stereocenters. The Kier molecular flexibility index (Phi) is 11.2. The molecule has 3 saturated heterocycles. The highest BCUT2D eigenvalue weighted by atomic mass is 16.6. The van der Waals surface area contributed by atoms with Gasteiger partial charge in [-0.1, -0.05) is 92.1 Å². The molecule has 11 heteroatoms. The van der Waals surface area contributed by atoms with Gasteiger partial charge in [-0.05, 0) is 51.2 Å². The lowest BCUT2D eigenvalue weighted by Gasteiger charge is -2.54. The van der Waals surface area contributed by atoms with Crippen molar-refractivity contribution in [1.82, 2.24) is 25.1 Å². The first kappa shape index (κ1) is 35.6. The summed E-state index contributed by atoms with van der Waals surface area (Å²) in [5, 5.41) is 7.45. The lowest BCUT2D eigenvalue weighted by Crippen LogP contribution is -2.75. The van der Waals surface area contributed by atoms with E-state index in [1.165, 1.54) is 0 Å². The quantitative estimate of drug-likeness (QED) is 0.262. The number of β-lactam (4-membered cyclic amide) rings is 1. The van der Waals surface area contributed by atoms with Crippen LogP contribution in [0.3, 0.4) is 0 Å². The molecule has 50 heavy (non-hydrogen) atoms. The minimum absolute atomic E-state index is 0.0138. The maximum absolute atomic E-state index is 15.1.